The first-order valence-corrected chi connectivity index (χ1v) is 9.89. The van der Waals surface area contributed by atoms with Gasteiger partial charge in [-0.25, -0.2) is 4.98 Å². The summed E-state index contributed by atoms with van der Waals surface area (Å²) in [6.45, 7) is 10.4. The van der Waals surface area contributed by atoms with Crippen LogP contribution >= 0.6 is 11.3 Å². The van der Waals surface area contributed by atoms with Crippen molar-refractivity contribution in [2.75, 3.05) is 19.7 Å². The summed E-state index contributed by atoms with van der Waals surface area (Å²) in [5, 5.41) is 11.2. The maximum Gasteiger partial charge on any atom is 0.273 e. The Morgan fingerprint density at radius 3 is 2.54 bits per heavy atom. The lowest BCUT2D eigenvalue weighted by atomic mass is 9.92. The van der Waals surface area contributed by atoms with Gasteiger partial charge in [0.25, 0.3) is 5.91 Å². The predicted octanol–water partition coefficient (Wildman–Crippen LogP) is 3.47. The number of hydrogen-bond acceptors (Lipinski definition) is 6. The Balaban J connectivity index is 1.46. The lowest BCUT2D eigenvalue weighted by molar-refractivity contribution is 0.0654. The fraction of sp³-hybridized carbons (Fsp3) is 0.579. The molecular weight excluding hydrogens is 348 g/mol. The van der Waals surface area contributed by atoms with Crippen LogP contribution in [0, 0.1) is 12.8 Å². The van der Waals surface area contributed by atoms with Crippen molar-refractivity contribution in [2.45, 2.75) is 46.0 Å². The van der Waals surface area contributed by atoms with Crippen molar-refractivity contribution < 1.29 is 9.53 Å². The standard InChI is InChI=1S/C19H26N4O2S/c1-13-20-15(12-26-13)18(24)23-9-7-14(8-10-23)11-25-17-6-5-16(21-22-17)19(2,3)4/h5-6,12,14H,7-11H2,1-4H3. The van der Waals surface area contributed by atoms with Crippen LogP contribution in [0.4, 0.5) is 0 Å². The fourth-order valence-corrected chi connectivity index (χ4v) is 3.51. The molecule has 1 aliphatic heterocycles. The number of carbonyl (C=O) groups is 1. The van der Waals surface area contributed by atoms with Gasteiger partial charge in [-0.05, 0) is 31.7 Å². The smallest absolute Gasteiger partial charge is 0.273 e. The minimum Gasteiger partial charge on any atom is -0.476 e. The molecule has 0 unspecified atom stereocenters. The predicted molar refractivity (Wildman–Crippen MR) is 102 cm³/mol. The Morgan fingerprint density at radius 2 is 2.00 bits per heavy atom. The maximum absolute atomic E-state index is 12.4. The van der Waals surface area contributed by atoms with Gasteiger partial charge in [0.1, 0.15) is 5.69 Å². The van der Waals surface area contributed by atoms with Gasteiger partial charge in [0.05, 0.1) is 17.3 Å². The van der Waals surface area contributed by atoms with E-state index in [0.29, 0.717) is 24.1 Å². The molecule has 1 amide bonds. The molecule has 3 rings (SSSR count). The summed E-state index contributed by atoms with van der Waals surface area (Å²) in [6, 6.07) is 3.86. The van der Waals surface area contributed by atoms with E-state index >= 15 is 0 Å². The number of aromatic nitrogens is 3. The summed E-state index contributed by atoms with van der Waals surface area (Å²) in [4.78, 5) is 18.6. The molecule has 0 spiro atoms. The lowest BCUT2D eigenvalue weighted by Crippen LogP contribution is -2.39. The molecule has 0 aromatic carbocycles. The molecule has 2 aromatic rings. The van der Waals surface area contributed by atoms with Crippen LogP contribution in [0.25, 0.3) is 0 Å². The Morgan fingerprint density at radius 1 is 1.27 bits per heavy atom. The molecule has 1 saturated heterocycles. The van der Waals surface area contributed by atoms with Gasteiger partial charge < -0.3 is 9.64 Å². The van der Waals surface area contributed by atoms with Gasteiger partial charge in [-0.15, -0.1) is 16.4 Å². The molecule has 2 aromatic heterocycles. The second-order valence-corrected chi connectivity index (χ2v) is 8.87. The summed E-state index contributed by atoms with van der Waals surface area (Å²) in [7, 11) is 0. The minimum absolute atomic E-state index is 0.0131. The monoisotopic (exact) mass is 374 g/mol. The van der Waals surface area contributed by atoms with Crippen molar-refractivity contribution in [3.63, 3.8) is 0 Å². The Kier molecular flexibility index (Phi) is 5.55. The van der Waals surface area contributed by atoms with Crippen LogP contribution in [0.3, 0.4) is 0 Å². The zero-order chi connectivity index (χ0) is 18.7. The highest BCUT2D eigenvalue weighted by Gasteiger charge is 2.25. The molecule has 7 heteroatoms. The van der Waals surface area contributed by atoms with Crippen molar-refractivity contribution in [2.24, 2.45) is 5.92 Å². The molecule has 26 heavy (non-hydrogen) atoms. The van der Waals surface area contributed by atoms with Crippen molar-refractivity contribution in [3.05, 3.63) is 33.9 Å². The van der Waals surface area contributed by atoms with Gasteiger partial charge in [0.2, 0.25) is 5.88 Å². The molecular formula is C19H26N4O2S. The summed E-state index contributed by atoms with van der Waals surface area (Å²) in [6.07, 6.45) is 1.87. The number of ether oxygens (including phenoxy) is 1. The van der Waals surface area contributed by atoms with Crippen molar-refractivity contribution in [3.8, 4) is 5.88 Å². The molecule has 3 heterocycles. The van der Waals surface area contributed by atoms with E-state index in [1.165, 1.54) is 11.3 Å². The van der Waals surface area contributed by atoms with Gasteiger partial charge in [-0.3, -0.25) is 4.79 Å². The zero-order valence-corrected chi connectivity index (χ0v) is 16.7. The number of piperidine rings is 1. The molecule has 1 aliphatic rings. The average Bonchev–Trinajstić information content (AvgIpc) is 3.06. The van der Waals surface area contributed by atoms with Gasteiger partial charge in [-0.2, -0.15) is 5.10 Å². The normalized spacial score (nSPS) is 15.9. The molecule has 0 saturated carbocycles. The molecule has 0 N–H and O–H groups in total. The van der Waals surface area contributed by atoms with E-state index in [0.717, 1.165) is 36.6 Å². The Labute approximate surface area is 158 Å². The second kappa shape index (κ2) is 7.70. The van der Waals surface area contributed by atoms with Crippen LogP contribution in [0.2, 0.25) is 0 Å². The lowest BCUT2D eigenvalue weighted by Gasteiger charge is -2.31. The van der Waals surface area contributed by atoms with Gasteiger partial charge in [0.15, 0.2) is 0 Å². The molecule has 0 atom stereocenters. The molecule has 1 fully saturated rings. The maximum atomic E-state index is 12.4. The molecule has 0 aliphatic carbocycles. The quantitative estimate of drug-likeness (QED) is 0.820. The second-order valence-electron chi connectivity index (χ2n) is 7.81. The van der Waals surface area contributed by atoms with Crippen molar-refractivity contribution >= 4 is 17.2 Å². The zero-order valence-electron chi connectivity index (χ0n) is 15.9. The number of likely N-dealkylation sites (tertiary alicyclic amines) is 1. The molecule has 0 bridgehead atoms. The van der Waals surface area contributed by atoms with E-state index in [9.17, 15) is 4.79 Å². The first kappa shape index (κ1) is 18.8. The number of aryl methyl sites for hydroxylation is 1. The number of thiazole rings is 1. The Bertz CT molecular complexity index is 744. The summed E-state index contributed by atoms with van der Waals surface area (Å²) in [5.41, 5.74) is 1.51. The topological polar surface area (TPSA) is 68.2 Å². The van der Waals surface area contributed by atoms with Crippen LogP contribution in [0.1, 0.15) is 54.8 Å². The third-order valence-corrected chi connectivity index (χ3v) is 5.39. The van der Waals surface area contributed by atoms with Crippen LogP contribution in [0.15, 0.2) is 17.5 Å². The van der Waals surface area contributed by atoms with Gasteiger partial charge in [-0.1, -0.05) is 20.8 Å². The van der Waals surface area contributed by atoms with Gasteiger partial charge in [0, 0.05) is 30.0 Å². The third-order valence-electron chi connectivity index (χ3n) is 4.62. The number of nitrogens with zero attached hydrogens (tertiary/aromatic N) is 4. The first-order chi connectivity index (χ1) is 12.3. The van der Waals surface area contributed by atoms with Crippen molar-refractivity contribution in [1.29, 1.82) is 0 Å². The highest BCUT2D eigenvalue weighted by molar-refractivity contribution is 7.09. The van der Waals surface area contributed by atoms with E-state index < -0.39 is 0 Å². The highest BCUT2D eigenvalue weighted by atomic mass is 32.1. The van der Waals surface area contributed by atoms with E-state index in [2.05, 4.69) is 36.0 Å². The van der Waals surface area contributed by atoms with Crippen LogP contribution in [-0.4, -0.2) is 45.7 Å². The highest BCUT2D eigenvalue weighted by Crippen LogP contribution is 2.22. The van der Waals surface area contributed by atoms with E-state index in [-0.39, 0.29) is 11.3 Å². The van der Waals surface area contributed by atoms with E-state index in [1.54, 1.807) is 0 Å². The van der Waals surface area contributed by atoms with Crippen LogP contribution in [0.5, 0.6) is 5.88 Å². The minimum atomic E-state index is -0.0131. The number of hydrogen-bond donors (Lipinski definition) is 0. The summed E-state index contributed by atoms with van der Waals surface area (Å²) in [5.74, 6) is 1.03. The largest absolute Gasteiger partial charge is 0.476 e. The SMILES string of the molecule is Cc1nc(C(=O)N2CCC(COc3ccc(C(C)(C)C)nn3)CC2)cs1. The van der Waals surface area contributed by atoms with Crippen LogP contribution < -0.4 is 4.74 Å². The number of rotatable bonds is 4. The third kappa shape index (κ3) is 4.58. The molecule has 140 valence electrons. The van der Waals surface area contributed by atoms with Gasteiger partial charge >= 0.3 is 0 Å². The number of amides is 1. The summed E-state index contributed by atoms with van der Waals surface area (Å²) < 4.78 is 5.81. The fourth-order valence-electron chi connectivity index (χ4n) is 2.93. The molecule has 6 nitrogen and oxygen atoms in total. The summed E-state index contributed by atoms with van der Waals surface area (Å²) >= 11 is 1.51. The first-order valence-electron chi connectivity index (χ1n) is 9.01. The van der Waals surface area contributed by atoms with E-state index in [4.69, 9.17) is 4.74 Å². The Hall–Kier alpha value is -2.02. The van der Waals surface area contributed by atoms with E-state index in [1.807, 2.05) is 29.3 Å². The number of carbonyl (C=O) groups excluding carboxylic acids is 1. The average molecular weight is 375 g/mol. The van der Waals surface area contributed by atoms with Crippen molar-refractivity contribution in [1.82, 2.24) is 20.1 Å². The van der Waals surface area contributed by atoms with Crippen LogP contribution in [-0.2, 0) is 5.41 Å². The molecule has 0 radical (unpaired) electrons.